The third-order valence-electron chi connectivity index (χ3n) is 12.0. The second kappa shape index (κ2) is 7.78. The van der Waals surface area contributed by atoms with E-state index >= 15 is 0 Å². The van der Waals surface area contributed by atoms with Gasteiger partial charge in [-0.25, -0.2) is 0 Å². The summed E-state index contributed by atoms with van der Waals surface area (Å²) in [5.74, 6) is -0.128. The first-order valence-electron chi connectivity index (χ1n) is 14.0. The normalized spacial score (nSPS) is 41.9. The molecule has 4 fully saturated rings. The summed E-state index contributed by atoms with van der Waals surface area (Å²) in [7, 11) is -4.09. The molecule has 2 bridgehead atoms. The number of carbonyl (C=O) groups excluding carboxylic acids is 1. The van der Waals surface area contributed by atoms with Gasteiger partial charge in [-0.15, -0.1) is 0 Å². The minimum atomic E-state index is -2.08. The summed E-state index contributed by atoms with van der Waals surface area (Å²) in [5.41, 5.74) is -2.48. The first-order chi connectivity index (χ1) is 16.1. The maximum absolute atomic E-state index is 14.6. The Labute approximate surface area is 222 Å². The number of ketones is 1. The van der Waals surface area contributed by atoms with Gasteiger partial charge in [0.2, 0.25) is 0 Å². The van der Waals surface area contributed by atoms with Crippen LogP contribution in [0.3, 0.4) is 0 Å². The highest BCUT2D eigenvalue weighted by atomic mass is 28.4. The van der Waals surface area contributed by atoms with Crippen molar-refractivity contribution in [1.82, 2.24) is 0 Å². The molecule has 0 unspecified atom stereocenters. The number of fused-ring (bicyclic) bond motifs is 3. The molecular weight excluding hydrogens is 482 g/mol. The number of nitriles is 1. The molecule has 4 rings (SSSR count). The fourth-order valence-corrected chi connectivity index (χ4v) is 9.91. The van der Waals surface area contributed by atoms with Gasteiger partial charge in [0.1, 0.15) is 5.60 Å². The first kappa shape index (κ1) is 28.5. The van der Waals surface area contributed by atoms with Gasteiger partial charge in [0, 0.05) is 23.9 Å². The van der Waals surface area contributed by atoms with E-state index in [1.165, 1.54) is 0 Å². The number of ether oxygens (including phenoxy) is 1. The number of hydrogen-bond donors (Lipinski definition) is 0. The van der Waals surface area contributed by atoms with E-state index in [9.17, 15) is 10.1 Å². The van der Waals surface area contributed by atoms with Crippen molar-refractivity contribution >= 4 is 22.4 Å². The summed E-state index contributed by atoms with van der Waals surface area (Å²) < 4.78 is 20.9. The van der Waals surface area contributed by atoms with Crippen molar-refractivity contribution in [2.75, 3.05) is 6.61 Å². The minimum absolute atomic E-state index is 0.0125. The first-order valence-corrected chi connectivity index (χ1v) is 19.8. The summed E-state index contributed by atoms with van der Waals surface area (Å²) >= 11 is 0. The summed E-state index contributed by atoms with van der Waals surface area (Å²) in [6, 6.07) is 2.60. The maximum Gasteiger partial charge on any atom is 0.192 e. The van der Waals surface area contributed by atoms with Gasteiger partial charge in [0.05, 0.1) is 23.7 Å². The number of Topliss-reactive ketones (excluding diaryl/α,β-unsaturated/α-hetero) is 1. The van der Waals surface area contributed by atoms with E-state index in [1.807, 2.05) is 0 Å². The van der Waals surface area contributed by atoms with Crippen molar-refractivity contribution in [3.05, 3.63) is 0 Å². The lowest BCUT2D eigenvalue weighted by atomic mass is 9.56. The van der Waals surface area contributed by atoms with E-state index in [4.69, 9.17) is 13.6 Å². The summed E-state index contributed by atoms with van der Waals surface area (Å²) in [6.07, 6.45) is 2.20. The molecule has 2 heterocycles. The Morgan fingerprint density at radius 3 is 2.06 bits per heavy atom. The Kier molecular flexibility index (Phi) is 6.15. The molecule has 36 heavy (non-hydrogen) atoms. The molecule has 0 radical (unpaired) electrons. The molecule has 0 aromatic heterocycles. The minimum Gasteiger partial charge on any atom is -0.416 e. The van der Waals surface area contributed by atoms with E-state index in [2.05, 4.69) is 94.6 Å². The van der Waals surface area contributed by atoms with Gasteiger partial charge in [-0.3, -0.25) is 4.79 Å². The number of nitrogens with zero attached hydrogens (tertiary/aromatic N) is 1. The lowest BCUT2D eigenvalue weighted by Gasteiger charge is -2.56. The van der Waals surface area contributed by atoms with E-state index < -0.39 is 33.1 Å². The van der Waals surface area contributed by atoms with Crippen molar-refractivity contribution in [2.24, 2.45) is 28.1 Å². The second-order valence-electron chi connectivity index (χ2n) is 16.2. The number of hydrogen-bond acceptors (Lipinski definition) is 5. The Bertz CT molecular complexity index is 987. The quantitative estimate of drug-likeness (QED) is 0.353. The molecule has 1 spiro atoms. The fourth-order valence-electron chi connectivity index (χ4n) is 7.41. The van der Waals surface area contributed by atoms with Gasteiger partial charge in [-0.1, -0.05) is 62.3 Å². The molecule has 5 nitrogen and oxygen atoms in total. The molecule has 204 valence electrons. The Hall–Kier alpha value is -0.526. The highest BCUT2D eigenvalue weighted by molar-refractivity contribution is 6.74. The Balaban J connectivity index is 1.77. The van der Waals surface area contributed by atoms with Crippen molar-refractivity contribution in [1.29, 1.82) is 5.26 Å². The van der Waals surface area contributed by atoms with Gasteiger partial charge in [-0.2, -0.15) is 5.26 Å². The summed E-state index contributed by atoms with van der Waals surface area (Å²) in [6.45, 7) is 29.7. The molecule has 0 amide bonds. The van der Waals surface area contributed by atoms with Crippen LogP contribution in [-0.4, -0.2) is 46.8 Å². The van der Waals surface area contributed by atoms with Gasteiger partial charge in [-0.05, 0) is 60.9 Å². The average molecular weight is 534 g/mol. The van der Waals surface area contributed by atoms with E-state index in [0.29, 0.717) is 13.0 Å². The largest absolute Gasteiger partial charge is 0.416 e. The van der Waals surface area contributed by atoms with Crippen molar-refractivity contribution in [3.63, 3.8) is 0 Å². The topological polar surface area (TPSA) is 68.6 Å². The molecule has 4 aliphatic rings. The molecule has 7 atom stereocenters. The van der Waals surface area contributed by atoms with E-state index in [0.717, 1.165) is 12.8 Å². The SMILES string of the molecule is CC1(C)[C@H]2C(=O)[C@]34O[C@H](C[C@]3(C)[C@@H](O[Si](C)(C)C(C)(C)C)CC[C@@H]4CO[Si](C)(C)C(C)(C)C)[C@]21C#N. The zero-order chi connectivity index (χ0) is 27.5. The van der Waals surface area contributed by atoms with Crippen LogP contribution >= 0.6 is 0 Å². The zero-order valence-corrected chi connectivity index (χ0v) is 27.2. The van der Waals surface area contributed by atoms with Crippen LogP contribution in [0.1, 0.15) is 81.6 Å². The maximum atomic E-state index is 14.6. The van der Waals surface area contributed by atoms with E-state index in [-0.39, 0.29) is 45.3 Å². The van der Waals surface area contributed by atoms with Crippen LogP contribution in [0.5, 0.6) is 0 Å². The fraction of sp³-hybridized carbons (Fsp3) is 0.931. The second-order valence-corrected chi connectivity index (χ2v) is 25.7. The van der Waals surface area contributed by atoms with Crippen LogP contribution in [0.25, 0.3) is 0 Å². The predicted octanol–water partition coefficient (Wildman–Crippen LogP) is 7.09. The van der Waals surface area contributed by atoms with Crippen molar-refractivity contribution in [3.8, 4) is 6.07 Å². The standard InChI is InChI=1S/C29H51NO4Si2/c1-24(2,3)35(10,11)32-17-19-14-15-20(34-36(12,13)25(4,5)6)27(9)16-21-28(18-30)22(26(28,7)8)23(31)29(19,27)33-21/h19-22H,14-17H2,1-13H3/t19-,20+,21-,22-,27-,28-,29+/m1/s1. The van der Waals surface area contributed by atoms with Gasteiger partial charge in [0.15, 0.2) is 22.4 Å². The van der Waals surface area contributed by atoms with Gasteiger partial charge >= 0.3 is 0 Å². The number of rotatable bonds is 5. The lowest BCUT2D eigenvalue weighted by molar-refractivity contribution is -0.205. The monoisotopic (exact) mass is 533 g/mol. The van der Waals surface area contributed by atoms with Crippen molar-refractivity contribution in [2.45, 2.75) is 136 Å². The molecule has 2 saturated heterocycles. The van der Waals surface area contributed by atoms with Crippen LogP contribution in [0, 0.1) is 39.4 Å². The average Bonchev–Trinajstić information content (AvgIpc) is 3.07. The molecular formula is C29H51NO4Si2. The van der Waals surface area contributed by atoms with Crippen LogP contribution in [0.15, 0.2) is 0 Å². The highest BCUT2D eigenvalue weighted by Crippen LogP contribution is 2.81. The van der Waals surface area contributed by atoms with Gasteiger partial charge in [0.25, 0.3) is 0 Å². The third-order valence-corrected chi connectivity index (χ3v) is 21.0. The zero-order valence-electron chi connectivity index (χ0n) is 25.2. The Morgan fingerprint density at radius 1 is 1.00 bits per heavy atom. The van der Waals surface area contributed by atoms with Crippen LogP contribution in [0.2, 0.25) is 36.3 Å². The van der Waals surface area contributed by atoms with Crippen LogP contribution < -0.4 is 0 Å². The number of carbonyl (C=O) groups is 1. The predicted molar refractivity (Wildman–Crippen MR) is 149 cm³/mol. The summed E-state index contributed by atoms with van der Waals surface area (Å²) in [5, 5.41) is 10.6. The lowest BCUT2D eigenvalue weighted by Crippen LogP contribution is -2.67. The van der Waals surface area contributed by atoms with Crippen LogP contribution in [-0.2, 0) is 18.4 Å². The highest BCUT2D eigenvalue weighted by Gasteiger charge is 2.89. The molecule has 2 aliphatic carbocycles. The van der Waals surface area contributed by atoms with Crippen molar-refractivity contribution < 1.29 is 18.4 Å². The molecule has 0 aromatic carbocycles. The molecule has 2 saturated carbocycles. The Morgan fingerprint density at radius 2 is 1.56 bits per heavy atom. The van der Waals surface area contributed by atoms with E-state index in [1.54, 1.807) is 0 Å². The van der Waals surface area contributed by atoms with Crippen LogP contribution in [0.4, 0.5) is 0 Å². The molecule has 7 heteroatoms. The smallest absolute Gasteiger partial charge is 0.192 e. The molecule has 0 N–H and O–H groups in total. The summed E-state index contributed by atoms with van der Waals surface area (Å²) in [4.78, 5) is 14.6. The third kappa shape index (κ3) is 3.36. The molecule has 0 aromatic rings. The van der Waals surface area contributed by atoms with Gasteiger partial charge < -0.3 is 13.6 Å². The molecule has 2 aliphatic heterocycles.